The molecule has 0 radical (unpaired) electrons. The molecule has 1 aromatic rings. The van der Waals surface area contributed by atoms with Gasteiger partial charge in [0.25, 0.3) is 0 Å². The number of aliphatic hydroxyl groups excluding tert-OH is 1. The molecule has 3 atom stereocenters. The third kappa shape index (κ3) is 4.12. The predicted molar refractivity (Wildman–Crippen MR) is 114 cm³/mol. The maximum Gasteiger partial charge on any atom is 0.236 e. The van der Waals surface area contributed by atoms with Crippen molar-refractivity contribution < 1.29 is 33.6 Å². The van der Waals surface area contributed by atoms with Gasteiger partial charge in [-0.25, -0.2) is 0 Å². The minimum Gasteiger partial charge on any atom is -0.496 e. The third-order valence-electron chi connectivity index (χ3n) is 5.50. The summed E-state index contributed by atoms with van der Waals surface area (Å²) in [7, 11) is 2.86. The van der Waals surface area contributed by atoms with Crippen LogP contribution >= 0.6 is 11.6 Å². The van der Waals surface area contributed by atoms with Gasteiger partial charge in [0.05, 0.1) is 33.0 Å². The minimum absolute atomic E-state index is 0.0135. The molecule has 1 aliphatic heterocycles. The first kappa shape index (κ1) is 23.4. The van der Waals surface area contributed by atoms with Crippen molar-refractivity contribution in [3.05, 3.63) is 28.4 Å². The lowest BCUT2D eigenvalue weighted by molar-refractivity contribution is -0.129. The van der Waals surface area contributed by atoms with Gasteiger partial charge in [-0.2, -0.15) is 0 Å². The maximum atomic E-state index is 13.4. The molecule has 1 heterocycles. The van der Waals surface area contributed by atoms with Crippen LogP contribution in [-0.2, 0) is 9.53 Å². The molecule has 0 amide bonds. The zero-order valence-electron chi connectivity index (χ0n) is 18.3. The van der Waals surface area contributed by atoms with Crippen molar-refractivity contribution in [2.75, 3.05) is 27.4 Å². The van der Waals surface area contributed by atoms with Gasteiger partial charge in [-0.3, -0.25) is 9.59 Å². The largest absolute Gasteiger partial charge is 0.496 e. The Balaban J connectivity index is 1.84. The molecule has 2 aliphatic rings. The summed E-state index contributed by atoms with van der Waals surface area (Å²) in [6.45, 7) is 5.94. The fourth-order valence-electron chi connectivity index (χ4n) is 3.86. The summed E-state index contributed by atoms with van der Waals surface area (Å²) in [5.41, 5.74) is -0.954. The summed E-state index contributed by atoms with van der Waals surface area (Å²) in [6, 6.07) is 1.50. The van der Waals surface area contributed by atoms with E-state index in [9.17, 15) is 14.7 Å². The number of ketones is 2. The Labute approximate surface area is 186 Å². The molecule has 0 fully saturated rings. The average molecular weight is 454 g/mol. The van der Waals surface area contributed by atoms with E-state index in [0.717, 1.165) is 0 Å². The molecule has 1 spiro atoms. The quantitative estimate of drug-likeness (QED) is 0.579. The summed E-state index contributed by atoms with van der Waals surface area (Å²) in [5.74, 6) is -0.841. The van der Waals surface area contributed by atoms with Gasteiger partial charge in [0.1, 0.15) is 22.1 Å². The van der Waals surface area contributed by atoms with Crippen LogP contribution in [0.1, 0.15) is 37.6 Å². The van der Waals surface area contributed by atoms with Crippen LogP contribution in [0.2, 0.25) is 5.02 Å². The van der Waals surface area contributed by atoms with Crippen LogP contribution in [0.25, 0.3) is 0 Å². The molecule has 31 heavy (non-hydrogen) atoms. The van der Waals surface area contributed by atoms with Gasteiger partial charge in [-0.15, -0.1) is 0 Å². The lowest BCUT2D eigenvalue weighted by atomic mass is 9.74. The molecule has 0 bridgehead atoms. The summed E-state index contributed by atoms with van der Waals surface area (Å²) < 4.78 is 22.0. The summed E-state index contributed by atoms with van der Waals surface area (Å²) in [5, 5.41) is 13.2. The number of Topliss-reactive ketones (excluding diaryl/α,β-unsaturated/α-hetero) is 1. The molecule has 0 aromatic heterocycles. The third-order valence-corrected chi connectivity index (χ3v) is 5.85. The first-order valence-corrected chi connectivity index (χ1v) is 10.5. The van der Waals surface area contributed by atoms with E-state index in [1.54, 1.807) is 6.92 Å². The van der Waals surface area contributed by atoms with E-state index in [1.165, 1.54) is 26.4 Å². The topological polar surface area (TPSA) is 103 Å². The number of rotatable bonds is 8. The molecule has 0 saturated heterocycles. The van der Waals surface area contributed by atoms with Crippen LogP contribution in [-0.4, -0.2) is 61.9 Å². The van der Waals surface area contributed by atoms with E-state index in [0.29, 0.717) is 12.1 Å². The van der Waals surface area contributed by atoms with Crippen molar-refractivity contribution in [1.29, 1.82) is 0 Å². The second kappa shape index (κ2) is 9.06. The van der Waals surface area contributed by atoms with Crippen molar-refractivity contribution in [2.24, 2.45) is 5.92 Å². The highest BCUT2D eigenvalue weighted by molar-refractivity contribution is 6.36. The Morgan fingerprint density at radius 1 is 1.29 bits per heavy atom. The lowest BCUT2D eigenvalue weighted by Gasteiger charge is -2.35. The summed E-state index contributed by atoms with van der Waals surface area (Å²) >= 11 is 6.38. The molecule has 8 nitrogen and oxygen atoms in total. The molecule has 9 heteroatoms. The highest BCUT2D eigenvalue weighted by Crippen LogP contribution is 2.52. The van der Waals surface area contributed by atoms with Gasteiger partial charge < -0.3 is 29.4 Å². The van der Waals surface area contributed by atoms with E-state index < -0.39 is 29.2 Å². The standard InChI is InChI=1S/C22H28ClNO7/c1-11(2)30-10-14(25)9-24-13-6-12(3)22(17(26)7-13)21(27)18-15(28-4)8-16(29-5)19(23)20(18)31-22/h7-8,11-12,14,24-25H,6,9-10H2,1-5H3/t12-,14?,22+/m1/s1. The Morgan fingerprint density at radius 3 is 2.55 bits per heavy atom. The van der Waals surface area contributed by atoms with Gasteiger partial charge in [-0.05, 0) is 20.3 Å². The van der Waals surface area contributed by atoms with Crippen LogP contribution in [0.4, 0.5) is 0 Å². The number of hydrogen-bond acceptors (Lipinski definition) is 8. The average Bonchev–Trinajstić information content (AvgIpc) is 3.04. The van der Waals surface area contributed by atoms with E-state index in [-0.39, 0.29) is 47.1 Å². The van der Waals surface area contributed by atoms with Crippen LogP contribution < -0.4 is 19.5 Å². The van der Waals surface area contributed by atoms with Crippen LogP contribution in [0, 0.1) is 5.92 Å². The van der Waals surface area contributed by atoms with Crippen LogP contribution in [0.3, 0.4) is 0 Å². The van der Waals surface area contributed by atoms with E-state index in [1.807, 2.05) is 13.8 Å². The molecule has 2 N–H and O–H groups in total. The van der Waals surface area contributed by atoms with Crippen molar-refractivity contribution in [3.63, 3.8) is 0 Å². The molecule has 170 valence electrons. The molecule has 1 unspecified atom stereocenters. The van der Waals surface area contributed by atoms with E-state index in [4.69, 9.17) is 30.5 Å². The molecular formula is C22H28ClNO7. The number of benzene rings is 1. The van der Waals surface area contributed by atoms with Crippen LogP contribution in [0.5, 0.6) is 17.2 Å². The molecule has 0 saturated carbocycles. The van der Waals surface area contributed by atoms with Crippen molar-refractivity contribution in [2.45, 2.75) is 45.0 Å². The Bertz CT molecular complexity index is 914. The number of allylic oxidation sites excluding steroid dienone is 1. The number of fused-ring (bicyclic) bond motifs is 1. The van der Waals surface area contributed by atoms with Crippen LogP contribution in [0.15, 0.2) is 17.8 Å². The van der Waals surface area contributed by atoms with Gasteiger partial charge >= 0.3 is 0 Å². The number of ether oxygens (including phenoxy) is 4. The van der Waals surface area contributed by atoms with E-state index >= 15 is 0 Å². The van der Waals surface area contributed by atoms with Gasteiger partial charge in [0.2, 0.25) is 17.2 Å². The maximum absolute atomic E-state index is 13.4. The Kier molecular flexibility index (Phi) is 6.83. The zero-order chi connectivity index (χ0) is 22.9. The van der Waals surface area contributed by atoms with Gasteiger partial charge in [0.15, 0.2) is 5.75 Å². The number of carbonyl (C=O) groups excluding carboxylic acids is 2. The van der Waals surface area contributed by atoms with Crippen molar-refractivity contribution >= 4 is 23.2 Å². The summed E-state index contributed by atoms with van der Waals surface area (Å²) in [6.07, 6.45) is 1.02. The Morgan fingerprint density at radius 2 is 1.97 bits per heavy atom. The molecule has 1 aromatic carbocycles. The number of halogens is 1. The number of nitrogens with one attached hydrogen (secondary N) is 1. The fourth-order valence-corrected chi connectivity index (χ4v) is 4.13. The lowest BCUT2D eigenvalue weighted by Crippen LogP contribution is -2.55. The first-order valence-electron chi connectivity index (χ1n) is 10.1. The van der Waals surface area contributed by atoms with E-state index in [2.05, 4.69) is 5.32 Å². The fraction of sp³-hybridized carbons (Fsp3) is 0.545. The van der Waals surface area contributed by atoms with Crippen molar-refractivity contribution in [1.82, 2.24) is 5.32 Å². The molecular weight excluding hydrogens is 426 g/mol. The van der Waals surface area contributed by atoms with Crippen molar-refractivity contribution in [3.8, 4) is 17.2 Å². The molecule has 3 rings (SSSR count). The summed E-state index contributed by atoms with van der Waals surface area (Å²) in [4.78, 5) is 26.6. The number of aliphatic hydroxyl groups is 1. The predicted octanol–water partition coefficient (Wildman–Crippen LogP) is 2.54. The zero-order valence-corrected chi connectivity index (χ0v) is 19.0. The SMILES string of the molecule is COc1cc(OC)c2c(c1Cl)O[C@@]1(C(=O)C=C(NCC(O)COC(C)C)C[C@H]1C)C2=O. The highest BCUT2D eigenvalue weighted by Gasteiger charge is 2.60. The second-order valence-corrected chi connectivity index (χ2v) is 8.40. The first-order chi connectivity index (χ1) is 14.6. The minimum atomic E-state index is -1.71. The smallest absolute Gasteiger partial charge is 0.236 e. The normalized spacial score (nSPS) is 23.5. The second-order valence-electron chi connectivity index (χ2n) is 8.02. The molecule has 1 aliphatic carbocycles. The highest BCUT2D eigenvalue weighted by atomic mass is 35.5. The van der Waals surface area contributed by atoms with Gasteiger partial charge in [0, 0.05) is 30.3 Å². The number of hydrogen-bond donors (Lipinski definition) is 2. The number of carbonyl (C=O) groups is 2. The van der Waals surface area contributed by atoms with Gasteiger partial charge in [-0.1, -0.05) is 18.5 Å². The Hall–Kier alpha value is -2.29. The monoisotopic (exact) mass is 453 g/mol. The number of methoxy groups -OCH3 is 2.